The molecule has 1 aliphatic carbocycles. The van der Waals surface area contributed by atoms with E-state index in [2.05, 4.69) is 0 Å². The Morgan fingerprint density at radius 2 is 2.11 bits per heavy atom. The molecule has 0 amide bonds. The largest absolute Gasteiger partial charge is 0.481 e. The molecule has 18 heavy (non-hydrogen) atoms. The molecular formula is C12H13F3O3. The third kappa shape index (κ3) is 2.11. The lowest BCUT2D eigenvalue weighted by atomic mass is 9.83. The number of halogens is 3. The lowest BCUT2D eigenvalue weighted by Crippen LogP contribution is -2.32. The van der Waals surface area contributed by atoms with Gasteiger partial charge in [0.2, 0.25) is 0 Å². The highest BCUT2D eigenvalue weighted by Crippen LogP contribution is 2.66. The van der Waals surface area contributed by atoms with Crippen LogP contribution in [0.25, 0.3) is 0 Å². The zero-order valence-corrected chi connectivity index (χ0v) is 9.75. The van der Waals surface area contributed by atoms with E-state index in [9.17, 15) is 18.0 Å². The Morgan fingerprint density at radius 1 is 1.50 bits per heavy atom. The van der Waals surface area contributed by atoms with Gasteiger partial charge in [0.05, 0.1) is 11.8 Å². The van der Waals surface area contributed by atoms with Gasteiger partial charge in [-0.25, -0.2) is 0 Å². The minimum Gasteiger partial charge on any atom is -0.481 e. The van der Waals surface area contributed by atoms with Crippen LogP contribution < -0.4 is 0 Å². The van der Waals surface area contributed by atoms with Gasteiger partial charge in [-0.3, -0.25) is 4.79 Å². The van der Waals surface area contributed by atoms with Crippen LogP contribution in [0, 0.1) is 12.3 Å². The number of carboxylic acids is 1. The Hall–Kier alpha value is -1.46. The van der Waals surface area contributed by atoms with Gasteiger partial charge in [-0.15, -0.1) is 0 Å². The second kappa shape index (κ2) is 4.03. The van der Waals surface area contributed by atoms with Gasteiger partial charge in [-0.1, -0.05) is 0 Å². The van der Waals surface area contributed by atoms with Gasteiger partial charge < -0.3 is 9.52 Å². The minimum absolute atomic E-state index is 0.0335. The molecule has 0 radical (unpaired) electrons. The summed E-state index contributed by atoms with van der Waals surface area (Å²) in [6, 6.07) is 2.99. The number of carbonyl (C=O) groups is 1. The van der Waals surface area contributed by atoms with Crippen molar-refractivity contribution in [1.82, 2.24) is 0 Å². The summed E-state index contributed by atoms with van der Waals surface area (Å²) < 4.78 is 44.4. The number of aliphatic carboxylic acids is 1. The first-order valence-corrected chi connectivity index (χ1v) is 5.61. The molecule has 100 valence electrons. The Labute approximate surface area is 102 Å². The first-order valence-electron chi connectivity index (χ1n) is 5.61. The molecule has 2 rings (SSSR count). The number of furan rings is 1. The van der Waals surface area contributed by atoms with Gasteiger partial charge >= 0.3 is 12.1 Å². The third-order valence-corrected chi connectivity index (χ3v) is 3.50. The van der Waals surface area contributed by atoms with Crippen LogP contribution in [0.1, 0.15) is 36.7 Å². The molecule has 0 spiro atoms. The SMILES string of the molecule is Cc1ccc(C(CC(=O)O)C2(C(F)(F)F)CC2)o1. The zero-order valence-electron chi connectivity index (χ0n) is 9.75. The average Bonchev–Trinajstić information content (AvgIpc) is 2.93. The predicted octanol–water partition coefficient (Wildman–Crippen LogP) is 3.49. The van der Waals surface area contributed by atoms with Crippen molar-refractivity contribution in [2.24, 2.45) is 5.41 Å². The summed E-state index contributed by atoms with van der Waals surface area (Å²) in [4.78, 5) is 10.8. The quantitative estimate of drug-likeness (QED) is 0.903. The molecule has 1 aromatic heterocycles. The molecule has 1 saturated carbocycles. The van der Waals surface area contributed by atoms with E-state index in [0.717, 1.165) is 0 Å². The van der Waals surface area contributed by atoms with Crippen LogP contribution in [-0.4, -0.2) is 17.3 Å². The Balaban J connectivity index is 2.35. The van der Waals surface area contributed by atoms with Crippen LogP contribution in [0.3, 0.4) is 0 Å². The molecule has 0 saturated heterocycles. The van der Waals surface area contributed by atoms with E-state index < -0.39 is 29.9 Å². The Bertz CT molecular complexity index is 457. The standard InChI is InChI=1S/C12H13F3O3/c1-7-2-3-9(18-7)8(6-10(16)17)11(4-5-11)12(13,14)15/h2-3,8H,4-6H2,1H3,(H,16,17). The number of hydrogen-bond acceptors (Lipinski definition) is 2. The van der Waals surface area contributed by atoms with E-state index in [1.165, 1.54) is 6.07 Å². The van der Waals surface area contributed by atoms with Crippen LogP contribution in [0.5, 0.6) is 0 Å². The van der Waals surface area contributed by atoms with E-state index in [4.69, 9.17) is 9.52 Å². The van der Waals surface area contributed by atoms with Crippen LogP contribution in [-0.2, 0) is 4.79 Å². The molecule has 1 aromatic rings. The average molecular weight is 262 g/mol. The van der Waals surface area contributed by atoms with E-state index in [1.54, 1.807) is 13.0 Å². The zero-order chi connectivity index (χ0) is 13.6. The fourth-order valence-corrected chi connectivity index (χ4v) is 2.35. The molecule has 6 heteroatoms. The minimum atomic E-state index is -4.40. The fourth-order valence-electron chi connectivity index (χ4n) is 2.35. The smallest absolute Gasteiger partial charge is 0.395 e. The summed E-state index contributed by atoms with van der Waals surface area (Å²) in [5, 5.41) is 8.80. The second-order valence-corrected chi connectivity index (χ2v) is 4.75. The van der Waals surface area contributed by atoms with Crippen molar-refractivity contribution < 1.29 is 27.5 Å². The monoisotopic (exact) mass is 262 g/mol. The molecule has 1 N–H and O–H groups in total. The first kappa shape index (κ1) is 13.0. The van der Waals surface area contributed by atoms with Crippen LogP contribution in [0.4, 0.5) is 13.2 Å². The number of alkyl halides is 3. The maximum Gasteiger partial charge on any atom is 0.395 e. The van der Waals surface area contributed by atoms with E-state index >= 15 is 0 Å². The maximum absolute atomic E-state index is 13.1. The van der Waals surface area contributed by atoms with Gasteiger partial charge in [-0.2, -0.15) is 13.2 Å². The molecule has 1 atom stereocenters. The van der Waals surface area contributed by atoms with Gasteiger partial charge in [0.25, 0.3) is 0 Å². The summed E-state index contributed by atoms with van der Waals surface area (Å²) in [6.45, 7) is 1.62. The van der Waals surface area contributed by atoms with Crippen molar-refractivity contribution in [3.63, 3.8) is 0 Å². The molecule has 0 aromatic carbocycles. The third-order valence-electron chi connectivity index (χ3n) is 3.50. The van der Waals surface area contributed by atoms with Gasteiger partial charge in [0.1, 0.15) is 11.5 Å². The van der Waals surface area contributed by atoms with Gasteiger partial charge in [-0.05, 0) is 31.9 Å². The molecule has 1 heterocycles. The van der Waals surface area contributed by atoms with E-state index in [0.29, 0.717) is 5.76 Å². The van der Waals surface area contributed by atoms with Crippen molar-refractivity contribution in [1.29, 1.82) is 0 Å². The van der Waals surface area contributed by atoms with Crippen LogP contribution in [0.2, 0.25) is 0 Å². The van der Waals surface area contributed by atoms with Crippen molar-refractivity contribution in [2.75, 3.05) is 0 Å². The first-order chi connectivity index (χ1) is 8.26. The highest BCUT2D eigenvalue weighted by Gasteiger charge is 2.68. The van der Waals surface area contributed by atoms with Crippen LogP contribution >= 0.6 is 0 Å². The van der Waals surface area contributed by atoms with E-state index in [-0.39, 0.29) is 18.6 Å². The molecular weight excluding hydrogens is 249 g/mol. The summed E-state index contributed by atoms with van der Waals surface area (Å²) in [5.41, 5.74) is -1.92. The Morgan fingerprint density at radius 3 is 2.44 bits per heavy atom. The highest BCUT2D eigenvalue weighted by atomic mass is 19.4. The summed E-state index contributed by atoms with van der Waals surface area (Å²) in [7, 11) is 0. The topological polar surface area (TPSA) is 50.4 Å². The Kier molecular flexibility index (Phi) is 2.91. The molecule has 3 nitrogen and oxygen atoms in total. The normalized spacial score (nSPS) is 19.6. The molecule has 1 fully saturated rings. The van der Waals surface area contributed by atoms with Crippen molar-refractivity contribution >= 4 is 5.97 Å². The predicted molar refractivity (Wildman–Crippen MR) is 56.2 cm³/mol. The fraction of sp³-hybridized carbons (Fsp3) is 0.583. The molecule has 0 bridgehead atoms. The maximum atomic E-state index is 13.1. The lowest BCUT2D eigenvalue weighted by Gasteiger charge is -2.26. The van der Waals surface area contributed by atoms with E-state index in [1.807, 2.05) is 0 Å². The van der Waals surface area contributed by atoms with Gasteiger partial charge in [0, 0.05) is 5.92 Å². The second-order valence-electron chi connectivity index (χ2n) is 4.75. The molecule has 0 aliphatic heterocycles. The number of aryl methyl sites for hydroxylation is 1. The summed E-state index contributed by atoms with van der Waals surface area (Å²) in [5.74, 6) is -1.78. The van der Waals surface area contributed by atoms with Crippen molar-refractivity contribution in [2.45, 2.75) is 38.3 Å². The van der Waals surface area contributed by atoms with Crippen LogP contribution in [0.15, 0.2) is 16.5 Å². The number of hydrogen-bond donors (Lipinski definition) is 1. The summed E-state index contributed by atoms with van der Waals surface area (Å²) in [6.07, 6.45) is -5.03. The van der Waals surface area contributed by atoms with Crippen molar-refractivity contribution in [3.8, 4) is 0 Å². The van der Waals surface area contributed by atoms with Crippen molar-refractivity contribution in [3.05, 3.63) is 23.7 Å². The number of carboxylic acid groups (broad SMARTS) is 1. The number of rotatable bonds is 4. The highest BCUT2D eigenvalue weighted by molar-refractivity contribution is 5.68. The summed E-state index contributed by atoms with van der Waals surface area (Å²) >= 11 is 0. The lowest BCUT2D eigenvalue weighted by molar-refractivity contribution is -0.196. The molecule has 1 unspecified atom stereocenters. The van der Waals surface area contributed by atoms with Gasteiger partial charge in [0.15, 0.2) is 0 Å². The molecule has 1 aliphatic rings.